The van der Waals surface area contributed by atoms with Gasteiger partial charge in [0.15, 0.2) is 5.84 Å². The van der Waals surface area contributed by atoms with Crippen LogP contribution in [0.25, 0.3) is 0 Å². The molecule has 2 fully saturated rings. The predicted molar refractivity (Wildman–Crippen MR) is 254 cm³/mol. The normalized spacial score (nSPS) is 16.3. The molecule has 0 aromatic heterocycles. The van der Waals surface area contributed by atoms with Gasteiger partial charge in [0.05, 0.1) is 44.8 Å². The summed E-state index contributed by atoms with van der Waals surface area (Å²) in [6.45, 7) is 19.9. The number of hydrogen-bond acceptors (Lipinski definition) is 11. The Balaban J connectivity index is 0.823. The zero-order valence-corrected chi connectivity index (χ0v) is 38.7. The quantitative estimate of drug-likeness (QED) is 0.0292. The summed E-state index contributed by atoms with van der Waals surface area (Å²) in [4.78, 5) is 16.0. The summed E-state index contributed by atoms with van der Waals surface area (Å²) in [5.74, 6) is 0.377. The van der Waals surface area contributed by atoms with Crippen LogP contribution in [0.15, 0.2) is 108 Å². The van der Waals surface area contributed by atoms with Gasteiger partial charge in [-0.2, -0.15) is 0 Å². The number of aliphatic imine (C=N–C) groups is 2. The fourth-order valence-electron chi connectivity index (χ4n) is 6.62. The highest BCUT2D eigenvalue weighted by atomic mass is 79.9. The number of ether oxygens (including phenoxy) is 4. The van der Waals surface area contributed by atoms with E-state index in [1.54, 1.807) is 18.0 Å². The lowest BCUT2D eigenvalue weighted by Crippen LogP contribution is -2.47. The highest BCUT2D eigenvalue weighted by Crippen LogP contribution is 2.34. The number of halogens is 2. The number of nitrogens with one attached hydrogen (secondary N) is 1. The van der Waals surface area contributed by atoms with Gasteiger partial charge in [-0.25, -0.2) is 14.3 Å². The first-order chi connectivity index (χ1) is 28.9. The molecule has 0 bridgehead atoms. The second-order valence-electron chi connectivity index (χ2n) is 14.7. The molecule has 5 rings (SSSR count). The minimum Gasteiger partial charge on any atom is -0.380 e. The van der Waals surface area contributed by atoms with Gasteiger partial charge < -0.3 is 29.2 Å². The Morgan fingerprint density at radius 1 is 0.814 bits per heavy atom. The predicted octanol–water partition coefficient (Wildman–Crippen LogP) is 10.4. The maximum atomic E-state index is 6.60. The molecule has 0 amide bonds. The van der Waals surface area contributed by atoms with Crippen molar-refractivity contribution in [1.82, 2.24) is 9.21 Å². The van der Waals surface area contributed by atoms with Gasteiger partial charge in [-0.05, 0) is 115 Å². The summed E-state index contributed by atoms with van der Waals surface area (Å²) >= 11 is 13.8. The molecule has 59 heavy (non-hydrogen) atoms. The van der Waals surface area contributed by atoms with Crippen LogP contribution < -0.4 is 10.2 Å². The van der Waals surface area contributed by atoms with Gasteiger partial charge in [-0.1, -0.05) is 49.7 Å². The second-order valence-corrected chi connectivity index (χ2v) is 18.7. The first kappa shape index (κ1) is 47.6. The van der Waals surface area contributed by atoms with Crippen molar-refractivity contribution in [3.05, 3.63) is 88.5 Å². The van der Waals surface area contributed by atoms with Crippen molar-refractivity contribution >= 4 is 80.9 Å². The van der Waals surface area contributed by atoms with Crippen molar-refractivity contribution in [2.24, 2.45) is 9.98 Å². The molecule has 322 valence electrons. The third-order valence-electron chi connectivity index (χ3n) is 9.84. The first-order valence-electron chi connectivity index (χ1n) is 20.9. The van der Waals surface area contributed by atoms with Crippen molar-refractivity contribution in [2.75, 3.05) is 102 Å². The van der Waals surface area contributed by atoms with Gasteiger partial charge in [0.2, 0.25) is 0 Å². The molecule has 2 heterocycles. The van der Waals surface area contributed by atoms with E-state index in [0.717, 1.165) is 118 Å². The summed E-state index contributed by atoms with van der Waals surface area (Å²) in [6, 6.07) is 24.8. The Kier molecular flexibility index (Phi) is 22.2. The monoisotopic (exact) mass is 928 g/mol. The number of piperazine rings is 1. The summed E-state index contributed by atoms with van der Waals surface area (Å²) in [7, 11) is 0. The molecule has 0 spiro atoms. The van der Waals surface area contributed by atoms with Gasteiger partial charge in [-0.3, -0.25) is 4.90 Å². The van der Waals surface area contributed by atoms with E-state index < -0.39 is 0 Å². The number of benzene rings is 3. The smallest absolute Gasteiger partial charge is 0.172 e. The van der Waals surface area contributed by atoms with Crippen LogP contribution in [0.2, 0.25) is 0 Å². The van der Waals surface area contributed by atoms with E-state index in [0.29, 0.717) is 48.6 Å². The molecule has 0 unspecified atom stereocenters. The highest BCUT2D eigenvalue weighted by molar-refractivity contribution is 9.10. The minimum absolute atomic E-state index is 0.321. The Hall–Kier alpha value is -2.43. The van der Waals surface area contributed by atoms with E-state index in [1.807, 2.05) is 30.1 Å². The number of para-hydroxylation sites is 1. The van der Waals surface area contributed by atoms with Crippen LogP contribution in [0.4, 0.5) is 17.1 Å². The molecule has 10 nitrogen and oxygen atoms in total. The molecular formula is C45H62BrClN6O4S2. The van der Waals surface area contributed by atoms with E-state index in [-0.39, 0.29) is 0 Å². The van der Waals surface area contributed by atoms with Crippen molar-refractivity contribution in [3.8, 4) is 0 Å². The van der Waals surface area contributed by atoms with Gasteiger partial charge in [0, 0.05) is 96.1 Å². The summed E-state index contributed by atoms with van der Waals surface area (Å²) in [5.41, 5.74) is 2.98. The van der Waals surface area contributed by atoms with Crippen LogP contribution in [0, 0.1) is 0 Å². The van der Waals surface area contributed by atoms with Crippen molar-refractivity contribution in [3.63, 3.8) is 0 Å². The topological polar surface area (TPSA) is 83.4 Å². The number of thioether (sulfide) groups is 1. The number of nitrogens with zero attached hydrogens (tertiary/aromatic N) is 5. The van der Waals surface area contributed by atoms with E-state index in [4.69, 9.17) is 35.5 Å². The number of anilines is 2. The van der Waals surface area contributed by atoms with Crippen LogP contribution in [0.1, 0.15) is 46.0 Å². The Morgan fingerprint density at radius 2 is 1.46 bits per heavy atom. The van der Waals surface area contributed by atoms with Crippen LogP contribution in [-0.2, 0) is 18.9 Å². The Morgan fingerprint density at radius 3 is 2.15 bits per heavy atom. The molecule has 14 heteroatoms. The average molecular weight is 931 g/mol. The van der Waals surface area contributed by atoms with Crippen LogP contribution in [0.5, 0.6) is 0 Å². The molecule has 0 aliphatic carbocycles. The molecule has 0 saturated carbocycles. The van der Waals surface area contributed by atoms with Gasteiger partial charge in [0.1, 0.15) is 5.03 Å². The Labute approximate surface area is 374 Å². The fraction of sp³-hybridized carbons (Fsp3) is 0.511. The maximum Gasteiger partial charge on any atom is 0.172 e. The average Bonchev–Trinajstić information content (AvgIpc) is 3.25. The van der Waals surface area contributed by atoms with E-state index in [9.17, 15) is 0 Å². The summed E-state index contributed by atoms with van der Waals surface area (Å²) < 4.78 is 27.1. The molecule has 3 aromatic carbocycles. The summed E-state index contributed by atoms with van der Waals surface area (Å²) in [6.07, 6.45) is 7.36. The molecule has 1 N–H and O–H groups in total. The molecule has 2 aliphatic rings. The Bertz CT molecular complexity index is 1720. The van der Waals surface area contributed by atoms with Gasteiger partial charge in [-0.15, -0.1) is 11.8 Å². The third kappa shape index (κ3) is 17.8. The highest BCUT2D eigenvalue weighted by Gasteiger charge is 2.21. The number of hydrogen-bond donors (Lipinski definition) is 1. The van der Waals surface area contributed by atoms with Crippen molar-refractivity contribution in [2.45, 2.75) is 67.1 Å². The zero-order valence-electron chi connectivity index (χ0n) is 34.7. The van der Waals surface area contributed by atoms with E-state index in [2.05, 4.69) is 116 Å². The van der Waals surface area contributed by atoms with Gasteiger partial charge in [0.25, 0.3) is 0 Å². The molecular weight excluding hydrogens is 868 g/mol. The SMILES string of the molecule is C=NC(=Nc1ccccc1SC(C)C)/C(Cl)=C\Nc1ccc(N2CCN(CCOCCCCCOCCOCCOC3CCN(Sc4ccccc4Br)CC3)CC2)cc1. The lowest BCUT2D eigenvalue weighted by Gasteiger charge is -2.36. The molecule has 0 atom stereocenters. The minimum atomic E-state index is 0.321. The number of piperidine rings is 1. The van der Waals surface area contributed by atoms with Crippen molar-refractivity contribution in [1.29, 1.82) is 0 Å². The standard InChI is InChI=1S/C45H62BrClN6O4S2/c1-36(2)58-44-14-8-6-12-42(44)50-45(48-3)41(47)35-49-37-15-17-38(18-16-37)52-25-23-51(24-26-52)27-30-54-28-9-4-10-29-55-31-32-56-33-34-57-39-19-21-53(22-20-39)59-43-13-7-5-11-40(43)46/h5-8,11-18,35-36,39,49H,3-4,9-10,19-34H2,1-2H3/b41-35+,50-45?. The first-order valence-corrected chi connectivity index (χ1v) is 23.7. The van der Waals surface area contributed by atoms with Gasteiger partial charge >= 0.3 is 0 Å². The number of rotatable bonds is 25. The number of unbranched alkanes of at least 4 members (excludes halogenated alkanes) is 2. The molecule has 0 radical (unpaired) electrons. The number of amidine groups is 1. The van der Waals surface area contributed by atoms with Crippen LogP contribution in [0.3, 0.4) is 0 Å². The lowest BCUT2D eigenvalue weighted by molar-refractivity contribution is -0.0245. The largest absolute Gasteiger partial charge is 0.380 e. The van der Waals surface area contributed by atoms with Crippen LogP contribution in [-0.4, -0.2) is 125 Å². The molecule has 3 aromatic rings. The van der Waals surface area contributed by atoms with Crippen LogP contribution >= 0.6 is 51.2 Å². The van der Waals surface area contributed by atoms with E-state index >= 15 is 0 Å². The van der Waals surface area contributed by atoms with E-state index in [1.165, 1.54) is 10.6 Å². The maximum absolute atomic E-state index is 6.60. The fourth-order valence-corrected chi connectivity index (χ4v) is 9.14. The zero-order chi connectivity index (χ0) is 41.5. The van der Waals surface area contributed by atoms with Crippen molar-refractivity contribution < 1.29 is 18.9 Å². The second kappa shape index (κ2) is 27.5. The lowest BCUT2D eigenvalue weighted by atomic mass is 10.1. The summed E-state index contributed by atoms with van der Waals surface area (Å²) in [5, 5.41) is 4.11. The molecule has 2 saturated heterocycles. The molecule has 2 aliphatic heterocycles. The third-order valence-corrected chi connectivity index (χ3v) is 13.3.